The number of pyridine rings is 1. The number of fused-ring (bicyclic) bond motifs is 3. The molecule has 0 saturated heterocycles. The second-order valence-electron chi connectivity index (χ2n) is 5.94. The lowest BCUT2D eigenvalue weighted by Gasteiger charge is -2.10. The fraction of sp³-hybridized carbons (Fsp3) is 0.0455. The van der Waals surface area contributed by atoms with Crippen molar-refractivity contribution in [3.63, 3.8) is 0 Å². The van der Waals surface area contributed by atoms with E-state index in [2.05, 4.69) is 6.58 Å². The van der Waals surface area contributed by atoms with E-state index in [-0.39, 0.29) is 11.3 Å². The summed E-state index contributed by atoms with van der Waals surface area (Å²) in [6.07, 6.45) is 7.00. The van der Waals surface area contributed by atoms with E-state index in [1.165, 1.54) is 0 Å². The highest BCUT2D eigenvalue weighted by molar-refractivity contribution is 6.15. The number of nitrogens with zero attached hydrogens (tertiary/aromatic N) is 1. The molecule has 3 heteroatoms. The molecule has 0 bridgehead atoms. The van der Waals surface area contributed by atoms with Gasteiger partial charge in [-0.05, 0) is 24.6 Å². The molecule has 2 aromatic heterocycles. The van der Waals surface area contributed by atoms with Crippen molar-refractivity contribution in [1.29, 1.82) is 0 Å². The number of aromatic nitrogens is 1. The second-order valence-corrected chi connectivity index (χ2v) is 5.94. The maximum atomic E-state index is 13.3. The van der Waals surface area contributed by atoms with Crippen LogP contribution in [0.25, 0.3) is 32.8 Å². The molecule has 0 aliphatic carbocycles. The van der Waals surface area contributed by atoms with E-state index in [0.717, 1.165) is 21.8 Å². The highest BCUT2D eigenvalue weighted by Crippen LogP contribution is 2.37. The van der Waals surface area contributed by atoms with Crippen molar-refractivity contribution in [2.45, 2.75) is 6.92 Å². The van der Waals surface area contributed by atoms with E-state index >= 15 is 0 Å². The van der Waals surface area contributed by atoms with Gasteiger partial charge in [0.15, 0.2) is 0 Å². The summed E-state index contributed by atoms with van der Waals surface area (Å²) in [6.45, 7) is 5.59. The smallest absolute Gasteiger partial charge is 0.267 e. The first-order chi connectivity index (χ1) is 12.2. The maximum Gasteiger partial charge on any atom is 0.267 e. The topological polar surface area (TPSA) is 41.7 Å². The molecule has 0 saturated carbocycles. The van der Waals surface area contributed by atoms with Crippen molar-refractivity contribution in [2.24, 2.45) is 0 Å². The Morgan fingerprint density at radius 3 is 2.56 bits per heavy atom. The lowest BCUT2D eigenvalue weighted by Crippen LogP contribution is -2.17. The molecule has 0 radical (unpaired) electrons. The Labute approximate surface area is 144 Å². The molecular weight excluding hydrogens is 310 g/mol. The zero-order valence-electron chi connectivity index (χ0n) is 13.9. The monoisotopic (exact) mass is 327 g/mol. The maximum absolute atomic E-state index is 13.3. The molecule has 0 amide bonds. The summed E-state index contributed by atoms with van der Waals surface area (Å²) in [6, 6.07) is 13.5. The van der Waals surface area contributed by atoms with Crippen LogP contribution in [0.15, 0.2) is 78.1 Å². The molecule has 0 aliphatic heterocycles. The minimum absolute atomic E-state index is 0.0112. The largest absolute Gasteiger partial charge is 0.506 e. The fourth-order valence-corrected chi connectivity index (χ4v) is 3.56. The zero-order chi connectivity index (χ0) is 17.6. The average Bonchev–Trinajstić information content (AvgIpc) is 2.96. The minimum Gasteiger partial charge on any atom is -0.506 e. The van der Waals surface area contributed by atoms with E-state index in [1.807, 2.05) is 61.5 Å². The number of hydrogen-bond acceptors (Lipinski definition) is 2. The number of para-hydroxylation sites is 2. The van der Waals surface area contributed by atoms with Gasteiger partial charge in [-0.15, -0.1) is 0 Å². The predicted molar refractivity (Wildman–Crippen MR) is 105 cm³/mol. The summed E-state index contributed by atoms with van der Waals surface area (Å²) in [5, 5.41) is 13.5. The molecular formula is C22H17NO2. The van der Waals surface area contributed by atoms with Crippen LogP contribution in [-0.4, -0.2) is 9.51 Å². The van der Waals surface area contributed by atoms with Crippen molar-refractivity contribution in [3.05, 3.63) is 89.3 Å². The third-order valence-corrected chi connectivity index (χ3v) is 4.54. The molecule has 0 spiro atoms. The zero-order valence-corrected chi connectivity index (χ0v) is 13.9. The Morgan fingerprint density at radius 2 is 1.80 bits per heavy atom. The number of hydrogen-bond donors (Lipinski definition) is 1. The molecule has 0 aliphatic rings. The number of benzene rings is 2. The Morgan fingerprint density at radius 1 is 1.08 bits per heavy atom. The quantitative estimate of drug-likeness (QED) is 0.544. The van der Waals surface area contributed by atoms with Gasteiger partial charge in [0.2, 0.25) is 0 Å². The molecule has 0 fully saturated rings. The Kier molecular flexibility index (Phi) is 3.43. The van der Waals surface area contributed by atoms with E-state index in [1.54, 1.807) is 16.6 Å². The average molecular weight is 327 g/mol. The summed E-state index contributed by atoms with van der Waals surface area (Å²) in [5.41, 5.74) is 2.31. The molecule has 25 heavy (non-hydrogen) atoms. The fourth-order valence-electron chi connectivity index (χ4n) is 3.56. The van der Waals surface area contributed by atoms with Gasteiger partial charge in [-0.1, -0.05) is 61.2 Å². The summed E-state index contributed by atoms with van der Waals surface area (Å²) < 4.78 is 1.70. The van der Waals surface area contributed by atoms with Crippen LogP contribution >= 0.6 is 0 Å². The predicted octanol–water partition coefficient (Wildman–Crippen LogP) is 4.89. The highest BCUT2D eigenvalue weighted by atomic mass is 16.3. The number of rotatable bonds is 3. The molecule has 2 heterocycles. The van der Waals surface area contributed by atoms with E-state index in [9.17, 15) is 9.90 Å². The van der Waals surface area contributed by atoms with Crippen molar-refractivity contribution in [2.75, 3.05) is 0 Å². The van der Waals surface area contributed by atoms with Crippen LogP contribution in [0.2, 0.25) is 0 Å². The summed E-state index contributed by atoms with van der Waals surface area (Å²) in [5.74, 6) is 0.0112. The Bertz CT molecular complexity index is 1240. The van der Waals surface area contributed by atoms with Gasteiger partial charge in [0.1, 0.15) is 5.75 Å². The SMILES string of the molecule is C=C/C=C(\C=C/C)c1c(O)c2cccc3c4ccccc4n(c1=O)c23. The standard InChI is InChI=1S/C22H17NO2/c1-3-8-14(9-4-2)19-21(24)17-12-7-11-16-15-10-5-6-13-18(15)23(20(16)17)22(19)25/h3-13,24H,1H2,2H3/b9-4-,14-8+. The molecule has 3 nitrogen and oxygen atoms in total. The van der Waals surface area contributed by atoms with Crippen LogP contribution in [0.1, 0.15) is 12.5 Å². The third kappa shape index (κ3) is 2.02. The van der Waals surface area contributed by atoms with Gasteiger partial charge in [0.05, 0.1) is 16.6 Å². The number of allylic oxidation sites excluding steroid dienone is 5. The van der Waals surface area contributed by atoms with Crippen molar-refractivity contribution < 1.29 is 5.11 Å². The molecule has 0 unspecified atom stereocenters. The van der Waals surface area contributed by atoms with Gasteiger partial charge in [-0.25, -0.2) is 0 Å². The van der Waals surface area contributed by atoms with Gasteiger partial charge in [0, 0.05) is 16.2 Å². The molecule has 122 valence electrons. The van der Waals surface area contributed by atoms with Crippen molar-refractivity contribution >= 4 is 32.8 Å². The van der Waals surface area contributed by atoms with Crippen molar-refractivity contribution in [1.82, 2.24) is 4.40 Å². The van der Waals surface area contributed by atoms with E-state index < -0.39 is 0 Å². The molecule has 0 atom stereocenters. The van der Waals surface area contributed by atoms with Gasteiger partial charge in [-0.3, -0.25) is 9.20 Å². The Hall–Kier alpha value is -3.33. The summed E-state index contributed by atoms with van der Waals surface area (Å²) >= 11 is 0. The molecule has 4 rings (SSSR count). The number of aromatic hydroxyl groups is 1. The van der Waals surface area contributed by atoms with Crippen LogP contribution in [-0.2, 0) is 0 Å². The first-order valence-electron chi connectivity index (χ1n) is 8.15. The van der Waals surface area contributed by atoms with Gasteiger partial charge >= 0.3 is 0 Å². The minimum atomic E-state index is -0.228. The van der Waals surface area contributed by atoms with Gasteiger partial charge in [0.25, 0.3) is 5.56 Å². The lowest BCUT2D eigenvalue weighted by atomic mass is 10.0. The first-order valence-corrected chi connectivity index (χ1v) is 8.15. The molecule has 1 N–H and O–H groups in total. The van der Waals surface area contributed by atoms with Crippen LogP contribution in [0.3, 0.4) is 0 Å². The lowest BCUT2D eigenvalue weighted by molar-refractivity contribution is 0.478. The molecule has 2 aromatic carbocycles. The second kappa shape index (κ2) is 5.64. The highest BCUT2D eigenvalue weighted by Gasteiger charge is 2.21. The summed E-state index contributed by atoms with van der Waals surface area (Å²) in [7, 11) is 0. The van der Waals surface area contributed by atoms with Crippen molar-refractivity contribution in [3.8, 4) is 5.75 Å². The van der Waals surface area contributed by atoms with Crippen LogP contribution in [0.5, 0.6) is 5.75 Å². The van der Waals surface area contributed by atoms with Crippen LogP contribution < -0.4 is 5.56 Å². The summed E-state index contributed by atoms with van der Waals surface area (Å²) in [4.78, 5) is 13.3. The normalized spacial score (nSPS) is 12.8. The van der Waals surface area contributed by atoms with E-state index in [4.69, 9.17) is 0 Å². The van der Waals surface area contributed by atoms with Gasteiger partial charge < -0.3 is 5.11 Å². The third-order valence-electron chi connectivity index (χ3n) is 4.54. The van der Waals surface area contributed by atoms with Crippen LogP contribution in [0, 0.1) is 0 Å². The van der Waals surface area contributed by atoms with Gasteiger partial charge in [-0.2, -0.15) is 0 Å². The van der Waals surface area contributed by atoms with E-state index in [0.29, 0.717) is 16.5 Å². The first kappa shape index (κ1) is 15.2. The van der Waals surface area contributed by atoms with Crippen LogP contribution in [0.4, 0.5) is 0 Å². The molecule has 4 aromatic rings. The Balaban J connectivity index is 2.32.